The molecule has 0 spiro atoms. The van der Waals surface area contributed by atoms with Gasteiger partial charge < -0.3 is 4.74 Å². The molecule has 3 rings (SSSR count). The first-order valence-electron chi connectivity index (χ1n) is 10.6. The van der Waals surface area contributed by atoms with Crippen molar-refractivity contribution in [2.45, 2.75) is 57.5 Å². The summed E-state index contributed by atoms with van der Waals surface area (Å²) < 4.78 is 59.8. The van der Waals surface area contributed by atoms with Gasteiger partial charge in [0.1, 0.15) is 0 Å². The maximum atomic E-state index is 14.4. The number of aryl methyl sites for hydroxylation is 2. The lowest BCUT2D eigenvalue weighted by Crippen LogP contribution is -2.14. The van der Waals surface area contributed by atoms with Crippen molar-refractivity contribution in [3.63, 3.8) is 0 Å². The molecule has 1 aliphatic rings. The summed E-state index contributed by atoms with van der Waals surface area (Å²) in [7, 11) is 0. The lowest BCUT2D eigenvalue weighted by Gasteiger charge is -2.27. The van der Waals surface area contributed by atoms with Crippen molar-refractivity contribution in [1.29, 1.82) is 0 Å². The van der Waals surface area contributed by atoms with Crippen LogP contribution in [0.25, 0.3) is 0 Å². The fourth-order valence-electron chi connectivity index (χ4n) is 4.30. The van der Waals surface area contributed by atoms with E-state index >= 15 is 0 Å². The Hall–Kier alpha value is -2.30. The molecule has 5 heteroatoms. The smallest absolute Gasteiger partial charge is 0.419 e. The monoisotopic (exact) mass is 420 g/mol. The minimum atomic E-state index is -4.76. The van der Waals surface area contributed by atoms with Crippen molar-refractivity contribution < 1.29 is 22.3 Å². The highest BCUT2D eigenvalue weighted by Gasteiger charge is 2.38. The zero-order chi connectivity index (χ0) is 21.7. The summed E-state index contributed by atoms with van der Waals surface area (Å²) in [6.07, 6.45) is 2.38. The van der Waals surface area contributed by atoms with Crippen LogP contribution in [0.1, 0.15) is 60.8 Å². The molecular formula is C25H28F4O. The van der Waals surface area contributed by atoms with Crippen LogP contribution in [0.5, 0.6) is 5.75 Å². The molecule has 0 aliphatic heterocycles. The summed E-state index contributed by atoms with van der Waals surface area (Å²) in [5.74, 6) is -0.540. The van der Waals surface area contributed by atoms with E-state index in [4.69, 9.17) is 4.74 Å². The number of benzene rings is 2. The molecule has 30 heavy (non-hydrogen) atoms. The third-order valence-corrected chi connectivity index (χ3v) is 6.02. The fourth-order valence-corrected chi connectivity index (χ4v) is 4.30. The van der Waals surface area contributed by atoms with Gasteiger partial charge in [-0.2, -0.15) is 13.2 Å². The summed E-state index contributed by atoms with van der Waals surface area (Å²) in [6, 6.07) is 10.7. The number of rotatable bonds is 7. The van der Waals surface area contributed by atoms with Crippen LogP contribution in [-0.4, -0.2) is 6.61 Å². The summed E-state index contributed by atoms with van der Waals surface area (Å²) >= 11 is 0. The van der Waals surface area contributed by atoms with Gasteiger partial charge in [0.2, 0.25) is 0 Å². The third kappa shape index (κ3) is 5.24. The molecule has 1 aliphatic carbocycles. The normalized spacial score (nSPS) is 19.5. The van der Waals surface area contributed by atoms with Crippen molar-refractivity contribution in [3.8, 4) is 5.75 Å². The topological polar surface area (TPSA) is 9.23 Å². The van der Waals surface area contributed by atoms with Crippen molar-refractivity contribution >= 4 is 0 Å². The predicted octanol–water partition coefficient (Wildman–Crippen LogP) is 7.49. The molecule has 0 radical (unpaired) electrons. The second-order valence-corrected chi connectivity index (χ2v) is 7.93. The molecule has 2 aromatic carbocycles. The van der Waals surface area contributed by atoms with Gasteiger partial charge in [0, 0.05) is 0 Å². The minimum absolute atomic E-state index is 0.0460. The van der Waals surface area contributed by atoms with E-state index in [-0.39, 0.29) is 24.3 Å². The van der Waals surface area contributed by atoms with E-state index in [0.29, 0.717) is 18.3 Å². The number of ether oxygens (including phenoxy) is 1. The molecular weight excluding hydrogens is 392 g/mol. The predicted molar refractivity (Wildman–Crippen MR) is 111 cm³/mol. The number of halogens is 4. The third-order valence-electron chi connectivity index (χ3n) is 6.02. The van der Waals surface area contributed by atoms with Crippen LogP contribution in [0.4, 0.5) is 17.6 Å². The van der Waals surface area contributed by atoms with Crippen LogP contribution in [0.15, 0.2) is 49.1 Å². The van der Waals surface area contributed by atoms with E-state index in [9.17, 15) is 17.6 Å². The average Bonchev–Trinajstić information content (AvgIpc) is 2.73. The summed E-state index contributed by atoms with van der Waals surface area (Å²) in [6.45, 7) is 5.59. The highest BCUT2D eigenvalue weighted by atomic mass is 19.4. The van der Waals surface area contributed by atoms with Crippen LogP contribution < -0.4 is 4.74 Å². The first kappa shape index (κ1) is 22.4. The van der Waals surface area contributed by atoms with Gasteiger partial charge in [-0.1, -0.05) is 36.4 Å². The lowest BCUT2D eigenvalue weighted by atomic mass is 9.78. The fraction of sp³-hybridized carbons (Fsp3) is 0.440. The second-order valence-electron chi connectivity index (χ2n) is 7.93. The second kappa shape index (κ2) is 9.67. The van der Waals surface area contributed by atoms with Crippen LogP contribution >= 0.6 is 0 Å². The molecule has 1 nitrogen and oxygen atoms in total. The number of hydrogen-bond acceptors (Lipinski definition) is 1. The molecule has 1 saturated carbocycles. The number of hydrogen-bond donors (Lipinski definition) is 0. The lowest BCUT2D eigenvalue weighted by molar-refractivity contribution is -0.140. The maximum absolute atomic E-state index is 14.4. The molecule has 0 unspecified atom stereocenters. The standard InChI is InChI=1S/C25H28F4O/c1-3-17-5-10-19(11-6-17)20-12-7-18(8-13-20)9-14-21-15-16-22(30-4-2)24(26)23(21)25(27,28)29/h3,7-8,12-13,15-17,19H,1,4-6,9-11,14H2,2H3. The van der Waals surface area contributed by atoms with E-state index in [0.717, 1.165) is 31.2 Å². The van der Waals surface area contributed by atoms with Gasteiger partial charge in [-0.05, 0) is 80.0 Å². The zero-order valence-corrected chi connectivity index (χ0v) is 17.3. The minimum Gasteiger partial charge on any atom is -0.491 e. The van der Waals surface area contributed by atoms with Crippen molar-refractivity contribution in [1.82, 2.24) is 0 Å². The molecule has 1 fully saturated rings. The molecule has 0 bridgehead atoms. The van der Waals surface area contributed by atoms with Gasteiger partial charge in [-0.3, -0.25) is 0 Å². The Balaban J connectivity index is 1.70. The first-order chi connectivity index (χ1) is 14.3. The highest BCUT2D eigenvalue weighted by Crippen LogP contribution is 2.39. The van der Waals surface area contributed by atoms with Gasteiger partial charge in [-0.15, -0.1) is 6.58 Å². The summed E-state index contributed by atoms with van der Waals surface area (Å²) in [5, 5.41) is 0. The highest BCUT2D eigenvalue weighted by molar-refractivity contribution is 5.40. The molecule has 0 amide bonds. The van der Waals surface area contributed by atoms with E-state index in [1.165, 1.54) is 17.7 Å². The van der Waals surface area contributed by atoms with Crippen LogP contribution in [0.3, 0.4) is 0 Å². The van der Waals surface area contributed by atoms with Crippen LogP contribution in [0, 0.1) is 11.7 Å². The van der Waals surface area contributed by atoms with Crippen molar-refractivity contribution in [3.05, 3.63) is 77.1 Å². The largest absolute Gasteiger partial charge is 0.491 e. The van der Waals surface area contributed by atoms with E-state index in [1.807, 2.05) is 18.2 Å². The van der Waals surface area contributed by atoms with E-state index in [2.05, 4.69) is 18.7 Å². The van der Waals surface area contributed by atoms with E-state index in [1.54, 1.807) is 6.92 Å². The van der Waals surface area contributed by atoms with Gasteiger partial charge in [-0.25, -0.2) is 4.39 Å². The maximum Gasteiger partial charge on any atom is 0.419 e. The molecule has 0 saturated heterocycles. The van der Waals surface area contributed by atoms with Gasteiger partial charge >= 0.3 is 6.18 Å². The Morgan fingerprint density at radius 3 is 2.23 bits per heavy atom. The first-order valence-corrected chi connectivity index (χ1v) is 10.6. The summed E-state index contributed by atoms with van der Waals surface area (Å²) in [4.78, 5) is 0. The average molecular weight is 420 g/mol. The van der Waals surface area contributed by atoms with Gasteiger partial charge in [0.25, 0.3) is 0 Å². The molecule has 0 aromatic heterocycles. The van der Waals surface area contributed by atoms with Crippen molar-refractivity contribution in [2.24, 2.45) is 5.92 Å². The van der Waals surface area contributed by atoms with Gasteiger partial charge in [0.05, 0.1) is 12.2 Å². The summed E-state index contributed by atoms with van der Waals surface area (Å²) in [5.41, 5.74) is 0.963. The Morgan fingerprint density at radius 2 is 1.67 bits per heavy atom. The Kier molecular flexibility index (Phi) is 7.22. The molecule has 0 heterocycles. The van der Waals surface area contributed by atoms with Crippen LogP contribution in [-0.2, 0) is 19.0 Å². The molecule has 162 valence electrons. The SMILES string of the molecule is C=CC1CCC(c2ccc(CCc3ccc(OCC)c(F)c3C(F)(F)F)cc2)CC1. The van der Waals surface area contributed by atoms with E-state index < -0.39 is 17.6 Å². The van der Waals surface area contributed by atoms with Gasteiger partial charge in [0.15, 0.2) is 11.6 Å². The Labute approximate surface area is 175 Å². The number of allylic oxidation sites excluding steroid dienone is 1. The zero-order valence-electron chi connectivity index (χ0n) is 17.3. The van der Waals surface area contributed by atoms with Crippen molar-refractivity contribution in [2.75, 3.05) is 6.61 Å². The Bertz CT molecular complexity index is 847. The molecule has 0 atom stereocenters. The quantitative estimate of drug-likeness (QED) is 0.333. The van der Waals surface area contributed by atoms with Crippen LogP contribution in [0.2, 0.25) is 0 Å². The molecule has 0 N–H and O–H groups in total. The number of alkyl halides is 3. The molecule has 2 aromatic rings. The Morgan fingerprint density at radius 1 is 1.00 bits per heavy atom.